The number of nitrogens with one attached hydrogen (secondary N) is 1. The van der Waals surface area contributed by atoms with Crippen molar-refractivity contribution < 1.29 is 8.81 Å². The number of fused-ring (bicyclic) bond motifs is 1. The molecule has 2 aliphatic heterocycles. The topological polar surface area (TPSA) is 54.2 Å². The Morgan fingerprint density at radius 2 is 2.00 bits per heavy atom. The monoisotopic (exact) mass is 392 g/mol. The van der Waals surface area contributed by atoms with E-state index in [9.17, 15) is 4.39 Å². The molecule has 1 aromatic carbocycles. The van der Waals surface area contributed by atoms with Crippen molar-refractivity contribution in [3.63, 3.8) is 0 Å². The minimum atomic E-state index is -0.255. The summed E-state index contributed by atoms with van der Waals surface area (Å²) >= 11 is 0. The van der Waals surface area contributed by atoms with Gasteiger partial charge in [0.2, 0.25) is 0 Å². The minimum absolute atomic E-state index is 0.255. The normalized spacial score (nSPS) is 18.0. The molecule has 150 valence electrons. The molecule has 0 spiro atoms. The molecule has 1 saturated heterocycles. The summed E-state index contributed by atoms with van der Waals surface area (Å²) in [5, 5.41) is 3.37. The van der Waals surface area contributed by atoms with Crippen LogP contribution in [0.25, 0.3) is 11.3 Å². The second-order valence-corrected chi connectivity index (χ2v) is 7.92. The molecule has 29 heavy (non-hydrogen) atoms. The van der Waals surface area contributed by atoms with Gasteiger partial charge in [0, 0.05) is 42.9 Å². The predicted octanol–water partition coefficient (Wildman–Crippen LogP) is 3.90. The van der Waals surface area contributed by atoms with Crippen LogP contribution in [0.3, 0.4) is 0 Å². The fourth-order valence-corrected chi connectivity index (χ4v) is 4.29. The van der Waals surface area contributed by atoms with Gasteiger partial charge in [0.05, 0.1) is 12.1 Å². The molecular formula is C23H25FN4O. The fraction of sp³-hybridized carbons (Fsp3) is 0.391. The van der Waals surface area contributed by atoms with Crippen LogP contribution in [0.5, 0.6) is 0 Å². The van der Waals surface area contributed by atoms with E-state index in [1.54, 1.807) is 12.1 Å². The van der Waals surface area contributed by atoms with Gasteiger partial charge in [-0.15, -0.1) is 0 Å². The van der Waals surface area contributed by atoms with Gasteiger partial charge in [-0.05, 0) is 50.2 Å². The van der Waals surface area contributed by atoms with E-state index < -0.39 is 0 Å². The van der Waals surface area contributed by atoms with Gasteiger partial charge in [-0.2, -0.15) is 0 Å². The number of piperidine rings is 1. The smallest absolute Gasteiger partial charge is 0.137 e. The van der Waals surface area contributed by atoms with Gasteiger partial charge in [-0.25, -0.2) is 14.4 Å². The molecule has 0 bridgehead atoms. The molecule has 0 radical (unpaired) electrons. The highest BCUT2D eigenvalue weighted by Gasteiger charge is 2.24. The zero-order valence-corrected chi connectivity index (χ0v) is 16.4. The molecule has 0 unspecified atom stereocenters. The van der Waals surface area contributed by atoms with Crippen LogP contribution < -0.4 is 5.32 Å². The molecule has 5 nitrogen and oxygen atoms in total. The highest BCUT2D eigenvalue weighted by atomic mass is 19.1. The summed E-state index contributed by atoms with van der Waals surface area (Å²) in [6, 6.07) is 10.5. The number of hydrogen-bond donors (Lipinski definition) is 1. The molecule has 0 aliphatic carbocycles. The number of rotatable bonds is 4. The van der Waals surface area contributed by atoms with Gasteiger partial charge in [-0.3, -0.25) is 4.90 Å². The molecule has 1 N–H and O–H groups in total. The van der Waals surface area contributed by atoms with Crippen molar-refractivity contribution >= 4 is 0 Å². The summed E-state index contributed by atoms with van der Waals surface area (Å²) in [7, 11) is 0. The maximum absolute atomic E-state index is 14.0. The lowest BCUT2D eigenvalue weighted by molar-refractivity contribution is 0.188. The first kappa shape index (κ1) is 18.5. The van der Waals surface area contributed by atoms with Crippen LogP contribution in [0, 0.1) is 5.82 Å². The van der Waals surface area contributed by atoms with Gasteiger partial charge >= 0.3 is 0 Å². The van der Waals surface area contributed by atoms with Crippen molar-refractivity contribution in [3.05, 3.63) is 71.3 Å². The maximum atomic E-state index is 14.0. The third kappa shape index (κ3) is 3.95. The van der Waals surface area contributed by atoms with Crippen LogP contribution in [-0.2, 0) is 19.5 Å². The van der Waals surface area contributed by atoms with Crippen LogP contribution in [-0.4, -0.2) is 34.5 Å². The third-order valence-corrected chi connectivity index (χ3v) is 5.96. The Morgan fingerprint density at radius 3 is 2.86 bits per heavy atom. The Bertz CT molecular complexity index is 994. The zero-order valence-electron chi connectivity index (χ0n) is 16.4. The lowest BCUT2D eigenvalue weighted by Gasteiger charge is -2.31. The van der Waals surface area contributed by atoms with E-state index in [4.69, 9.17) is 9.40 Å². The summed E-state index contributed by atoms with van der Waals surface area (Å²) in [6.07, 6.45) is 5.10. The molecule has 3 aromatic rings. The van der Waals surface area contributed by atoms with Crippen molar-refractivity contribution in [2.45, 2.75) is 38.3 Å². The number of benzene rings is 1. The summed E-state index contributed by atoms with van der Waals surface area (Å²) in [4.78, 5) is 11.9. The van der Waals surface area contributed by atoms with Crippen LogP contribution in [0.2, 0.25) is 0 Å². The van der Waals surface area contributed by atoms with Crippen LogP contribution in [0.4, 0.5) is 4.39 Å². The first-order valence-electron chi connectivity index (χ1n) is 10.4. The average Bonchev–Trinajstić information content (AvgIpc) is 3.22. The van der Waals surface area contributed by atoms with Gasteiger partial charge in [0.25, 0.3) is 0 Å². The van der Waals surface area contributed by atoms with Crippen molar-refractivity contribution in [1.82, 2.24) is 20.2 Å². The van der Waals surface area contributed by atoms with Crippen LogP contribution in [0.15, 0.2) is 47.0 Å². The number of halogens is 1. The highest BCUT2D eigenvalue weighted by molar-refractivity contribution is 5.58. The quantitative estimate of drug-likeness (QED) is 0.730. The van der Waals surface area contributed by atoms with Crippen molar-refractivity contribution in [2.75, 3.05) is 19.6 Å². The second-order valence-electron chi connectivity index (χ2n) is 7.92. The first-order chi connectivity index (χ1) is 14.3. The Labute approximate surface area is 170 Å². The van der Waals surface area contributed by atoms with Crippen molar-refractivity contribution in [1.29, 1.82) is 0 Å². The molecule has 4 heterocycles. The third-order valence-electron chi connectivity index (χ3n) is 5.96. The molecule has 0 amide bonds. The van der Waals surface area contributed by atoms with E-state index in [2.05, 4.69) is 15.2 Å². The van der Waals surface area contributed by atoms with E-state index in [1.807, 2.05) is 24.4 Å². The number of hydrogen-bond acceptors (Lipinski definition) is 5. The van der Waals surface area contributed by atoms with E-state index in [1.165, 1.54) is 17.3 Å². The summed E-state index contributed by atoms with van der Waals surface area (Å²) < 4.78 is 19.9. The number of furan rings is 1. The van der Waals surface area contributed by atoms with Crippen LogP contribution in [0.1, 0.15) is 41.6 Å². The van der Waals surface area contributed by atoms with Crippen molar-refractivity contribution in [3.8, 4) is 11.3 Å². The number of likely N-dealkylation sites (tertiary alicyclic amines) is 1. The van der Waals surface area contributed by atoms with Gasteiger partial charge in [0.1, 0.15) is 23.2 Å². The molecule has 6 heteroatoms. The van der Waals surface area contributed by atoms with Gasteiger partial charge in [0.15, 0.2) is 0 Å². The van der Waals surface area contributed by atoms with E-state index in [0.29, 0.717) is 17.2 Å². The molecule has 2 aromatic heterocycles. The minimum Gasteiger partial charge on any atom is -0.460 e. The van der Waals surface area contributed by atoms with Gasteiger partial charge < -0.3 is 9.73 Å². The average molecular weight is 392 g/mol. The second kappa shape index (κ2) is 8.05. The Kier molecular flexibility index (Phi) is 5.12. The summed E-state index contributed by atoms with van der Waals surface area (Å²) in [6.45, 7) is 4.61. The Balaban J connectivity index is 1.20. The molecule has 2 aliphatic rings. The van der Waals surface area contributed by atoms with Crippen LogP contribution >= 0.6 is 0 Å². The first-order valence-corrected chi connectivity index (χ1v) is 10.4. The summed E-state index contributed by atoms with van der Waals surface area (Å²) in [5.74, 6) is 2.64. The molecule has 0 saturated carbocycles. The zero-order chi connectivity index (χ0) is 19.6. The number of nitrogens with zero attached hydrogens (tertiary/aromatic N) is 3. The number of aromatic nitrogens is 2. The van der Waals surface area contributed by atoms with E-state index >= 15 is 0 Å². The van der Waals surface area contributed by atoms with Crippen molar-refractivity contribution in [2.24, 2.45) is 0 Å². The van der Waals surface area contributed by atoms with E-state index in [-0.39, 0.29) is 5.82 Å². The predicted molar refractivity (Wildman–Crippen MR) is 109 cm³/mol. The maximum Gasteiger partial charge on any atom is 0.137 e. The molecular weight excluding hydrogens is 367 g/mol. The molecule has 5 rings (SSSR count). The molecule has 0 atom stereocenters. The SMILES string of the molecule is Fc1ccccc1-c1ccc(CN2CCC(c3ncc4c(n3)CCNC4)CC2)o1. The molecule has 1 fully saturated rings. The highest BCUT2D eigenvalue weighted by Crippen LogP contribution is 2.29. The van der Waals surface area contributed by atoms with Gasteiger partial charge in [-0.1, -0.05) is 12.1 Å². The standard InChI is InChI=1S/C23H25FN4O/c24-20-4-2-1-3-19(20)22-6-5-18(29-22)15-28-11-8-16(9-12-28)23-26-14-17-13-25-10-7-21(17)27-23/h1-6,14,16,25H,7-13,15H2. The Hall–Kier alpha value is -2.57. The lowest BCUT2D eigenvalue weighted by Crippen LogP contribution is -2.33. The Morgan fingerprint density at radius 1 is 1.14 bits per heavy atom. The largest absolute Gasteiger partial charge is 0.460 e. The van der Waals surface area contributed by atoms with E-state index in [0.717, 1.165) is 63.6 Å². The fourth-order valence-electron chi connectivity index (χ4n) is 4.29. The lowest BCUT2D eigenvalue weighted by atomic mass is 9.95. The summed E-state index contributed by atoms with van der Waals surface area (Å²) in [5.41, 5.74) is 2.96.